The van der Waals surface area contributed by atoms with Crippen molar-refractivity contribution in [1.29, 1.82) is 0 Å². The van der Waals surface area contributed by atoms with Crippen LogP contribution < -0.4 is 22.1 Å². The number of nitrogens with one attached hydrogen (secondary N) is 2. The fraction of sp³-hybridized carbons (Fsp3) is 0.333. The number of amides is 1. The zero-order valence-electron chi connectivity index (χ0n) is 16.8. The third kappa shape index (κ3) is 8.27. The van der Waals surface area contributed by atoms with Crippen LogP contribution in [0.25, 0.3) is 0 Å². The van der Waals surface area contributed by atoms with Crippen LogP contribution in [0.4, 0.5) is 0 Å². The molecule has 7 N–H and O–H groups in total. The molecule has 1 aromatic heterocycles. The molecule has 9 nitrogen and oxygen atoms in total. The van der Waals surface area contributed by atoms with Crippen molar-refractivity contribution in [2.24, 2.45) is 16.5 Å². The van der Waals surface area contributed by atoms with Crippen LogP contribution in [-0.4, -0.2) is 40.5 Å². The maximum absolute atomic E-state index is 12.4. The van der Waals surface area contributed by atoms with Crippen molar-refractivity contribution >= 4 is 17.8 Å². The van der Waals surface area contributed by atoms with Gasteiger partial charge < -0.3 is 27.2 Å². The van der Waals surface area contributed by atoms with Gasteiger partial charge in [0.1, 0.15) is 6.04 Å². The van der Waals surface area contributed by atoms with Crippen molar-refractivity contribution in [2.45, 2.75) is 38.4 Å². The molecule has 2 aromatic rings. The van der Waals surface area contributed by atoms with Crippen LogP contribution in [0.2, 0.25) is 0 Å². The number of hydrogen-bond donors (Lipinski definition) is 5. The van der Waals surface area contributed by atoms with E-state index in [4.69, 9.17) is 11.5 Å². The van der Waals surface area contributed by atoms with Gasteiger partial charge in [0.25, 0.3) is 5.91 Å². The number of hydrogen-bond acceptors (Lipinski definition) is 5. The fourth-order valence-corrected chi connectivity index (χ4v) is 2.76. The Balaban J connectivity index is 1.74. The molecule has 0 radical (unpaired) electrons. The van der Waals surface area contributed by atoms with Crippen molar-refractivity contribution in [3.63, 3.8) is 0 Å². The quantitative estimate of drug-likeness (QED) is 0.198. The van der Waals surface area contributed by atoms with Gasteiger partial charge in [0, 0.05) is 18.3 Å². The van der Waals surface area contributed by atoms with E-state index in [0.717, 1.165) is 24.2 Å². The Labute approximate surface area is 175 Å². The number of aliphatic imine (C=N–C) groups is 1. The minimum Gasteiger partial charge on any atom is -0.480 e. The summed E-state index contributed by atoms with van der Waals surface area (Å²) in [6, 6.07) is 11.5. The molecule has 0 saturated carbocycles. The first kappa shape index (κ1) is 22.8. The Morgan fingerprint density at radius 1 is 1.10 bits per heavy atom. The molecule has 1 atom stereocenters. The summed E-state index contributed by atoms with van der Waals surface area (Å²) >= 11 is 0. The van der Waals surface area contributed by atoms with Gasteiger partial charge in [-0.05, 0) is 55.6 Å². The number of guanidine groups is 1. The highest BCUT2D eigenvalue weighted by molar-refractivity contribution is 5.96. The van der Waals surface area contributed by atoms with Gasteiger partial charge in [-0.25, -0.2) is 9.79 Å². The third-order valence-corrected chi connectivity index (χ3v) is 4.39. The second-order valence-electron chi connectivity index (χ2n) is 6.80. The molecule has 1 heterocycles. The Kier molecular flexibility index (Phi) is 9.26. The van der Waals surface area contributed by atoms with E-state index >= 15 is 0 Å². The molecule has 0 aliphatic carbocycles. The van der Waals surface area contributed by atoms with Crippen LogP contribution in [0, 0.1) is 0 Å². The van der Waals surface area contributed by atoms with E-state index in [2.05, 4.69) is 20.6 Å². The van der Waals surface area contributed by atoms with Gasteiger partial charge in [-0.1, -0.05) is 18.2 Å². The van der Waals surface area contributed by atoms with Gasteiger partial charge in [0.05, 0.1) is 12.2 Å². The molecule has 0 bridgehead atoms. The fourth-order valence-electron chi connectivity index (χ4n) is 2.76. The van der Waals surface area contributed by atoms with E-state index in [9.17, 15) is 14.7 Å². The summed E-state index contributed by atoms with van der Waals surface area (Å²) in [6.07, 6.45) is 3.57. The number of nitrogens with zero attached hydrogens (tertiary/aromatic N) is 2. The molecular weight excluding hydrogens is 384 g/mol. The molecule has 0 unspecified atom stereocenters. The first-order valence-electron chi connectivity index (χ1n) is 9.74. The van der Waals surface area contributed by atoms with Gasteiger partial charge in [0.15, 0.2) is 5.96 Å². The molecule has 0 fully saturated rings. The molecule has 30 heavy (non-hydrogen) atoms. The van der Waals surface area contributed by atoms with Crippen molar-refractivity contribution < 1.29 is 14.7 Å². The average molecular weight is 412 g/mol. The van der Waals surface area contributed by atoms with Crippen molar-refractivity contribution in [3.05, 3.63) is 65.5 Å². The van der Waals surface area contributed by atoms with Crippen LogP contribution in [0.1, 0.15) is 40.9 Å². The molecular formula is C21H28N6O3. The highest BCUT2D eigenvalue weighted by Gasteiger charge is 2.20. The summed E-state index contributed by atoms with van der Waals surface area (Å²) in [4.78, 5) is 32.0. The van der Waals surface area contributed by atoms with E-state index in [-0.39, 0.29) is 5.96 Å². The van der Waals surface area contributed by atoms with Gasteiger partial charge >= 0.3 is 5.97 Å². The van der Waals surface area contributed by atoms with E-state index in [1.807, 2.05) is 18.2 Å². The summed E-state index contributed by atoms with van der Waals surface area (Å²) in [5, 5.41) is 15.3. The van der Waals surface area contributed by atoms with Gasteiger partial charge in [-0.2, -0.15) is 0 Å². The maximum Gasteiger partial charge on any atom is 0.326 e. The Bertz CT molecular complexity index is 836. The van der Waals surface area contributed by atoms with Gasteiger partial charge in [-0.15, -0.1) is 0 Å². The lowest BCUT2D eigenvalue weighted by molar-refractivity contribution is -0.139. The molecule has 0 aliphatic heterocycles. The molecule has 1 aromatic carbocycles. The van der Waals surface area contributed by atoms with Crippen LogP contribution in [0.5, 0.6) is 0 Å². The predicted molar refractivity (Wildman–Crippen MR) is 115 cm³/mol. The number of carboxylic acid groups (broad SMARTS) is 1. The lowest BCUT2D eigenvalue weighted by Gasteiger charge is -2.15. The highest BCUT2D eigenvalue weighted by atomic mass is 16.4. The van der Waals surface area contributed by atoms with E-state index in [0.29, 0.717) is 31.5 Å². The minimum atomic E-state index is -1.05. The van der Waals surface area contributed by atoms with Crippen molar-refractivity contribution in [1.82, 2.24) is 15.6 Å². The Hall–Kier alpha value is -3.46. The SMILES string of the molecule is NC(N)=NCc1ccc(C(=O)N[C@@H](CCCCNCc2ccccn2)C(=O)O)cc1. The van der Waals surface area contributed by atoms with Crippen LogP contribution in [-0.2, 0) is 17.9 Å². The largest absolute Gasteiger partial charge is 0.480 e. The zero-order valence-corrected chi connectivity index (χ0v) is 16.8. The lowest BCUT2D eigenvalue weighted by atomic mass is 10.1. The van der Waals surface area contributed by atoms with Crippen LogP contribution in [0.15, 0.2) is 53.7 Å². The van der Waals surface area contributed by atoms with Crippen molar-refractivity contribution in [3.8, 4) is 0 Å². The van der Waals surface area contributed by atoms with E-state index in [1.165, 1.54) is 0 Å². The first-order valence-corrected chi connectivity index (χ1v) is 9.74. The summed E-state index contributed by atoms with van der Waals surface area (Å²) in [5.74, 6) is -1.48. The molecule has 9 heteroatoms. The summed E-state index contributed by atoms with van der Waals surface area (Å²) in [6.45, 7) is 1.73. The molecule has 160 valence electrons. The summed E-state index contributed by atoms with van der Waals surface area (Å²) in [7, 11) is 0. The van der Waals surface area contributed by atoms with Crippen LogP contribution >= 0.6 is 0 Å². The highest BCUT2D eigenvalue weighted by Crippen LogP contribution is 2.08. The molecule has 0 aliphatic rings. The smallest absolute Gasteiger partial charge is 0.326 e. The predicted octanol–water partition coefficient (Wildman–Crippen LogP) is 0.998. The summed E-state index contributed by atoms with van der Waals surface area (Å²) in [5.41, 5.74) is 12.8. The number of nitrogens with two attached hydrogens (primary N) is 2. The zero-order chi connectivity index (χ0) is 21.8. The monoisotopic (exact) mass is 412 g/mol. The first-order chi connectivity index (χ1) is 14.5. The number of carbonyl (C=O) groups excluding carboxylic acids is 1. The number of aliphatic carboxylic acids is 1. The average Bonchev–Trinajstić information content (AvgIpc) is 2.74. The van der Waals surface area contributed by atoms with Crippen molar-refractivity contribution in [2.75, 3.05) is 6.54 Å². The van der Waals surface area contributed by atoms with E-state index < -0.39 is 17.9 Å². The molecule has 1 amide bonds. The topological polar surface area (TPSA) is 156 Å². The number of pyridine rings is 1. The minimum absolute atomic E-state index is 0.00643. The normalized spacial score (nSPS) is 11.5. The number of rotatable bonds is 12. The number of unbranched alkanes of at least 4 members (excludes halogenated alkanes) is 1. The second-order valence-corrected chi connectivity index (χ2v) is 6.80. The maximum atomic E-state index is 12.4. The number of aromatic nitrogens is 1. The lowest BCUT2D eigenvalue weighted by Crippen LogP contribution is -2.40. The van der Waals surface area contributed by atoms with Gasteiger partial charge in [-0.3, -0.25) is 9.78 Å². The van der Waals surface area contributed by atoms with E-state index in [1.54, 1.807) is 30.5 Å². The van der Waals surface area contributed by atoms with Crippen LogP contribution in [0.3, 0.4) is 0 Å². The number of carbonyl (C=O) groups is 2. The second kappa shape index (κ2) is 12.2. The third-order valence-electron chi connectivity index (χ3n) is 4.39. The van der Waals surface area contributed by atoms with Gasteiger partial charge in [0.2, 0.25) is 0 Å². The Morgan fingerprint density at radius 3 is 2.50 bits per heavy atom. The number of benzene rings is 1. The molecule has 0 saturated heterocycles. The Morgan fingerprint density at radius 2 is 1.87 bits per heavy atom. The standard InChI is InChI=1S/C21H28N6O3/c22-21(23)26-13-15-7-9-16(10-8-15)19(28)27-18(20(29)30)6-2-3-11-24-14-17-5-1-4-12-25-17/h1,4-5,7-10,12,18,24H,2-3,6,11,13-14H2,(H,27,28)(H,29,30)(H4,22,23,26)/t18-/m0/s1. The molecule has 0 spiro atoms. The number of carboxylic acids is 1. The summed E-state index contributed by atoms with van der Waals surface area (Å²) < 4.78 is 0. The molecule has 2 rings (SSSR count).